The predicted molar refractivity (Wildman–Crippen MR) is 62.4 cm³/mol. The average Bonchev–Trinajstić information content (AvgIpc) is 2.24. The molecule has 0 aromatic heterocycles. The van der Waals surface area contributed by atoms with Crippen molar-refractivity contribution in [3.63, 3.8) is 0 Å². The molecule has 0 amide bonds. The van der Waals surface area contributed by atoms with Crippen LogP contribution in [0.3, 0.4) is 0 Å². The molecule has 90 valence electrons. The fourth-order valence-electron chi connectivity index (χ4n) is 1.81. The minimum Gasteiger partial charge on any atom is -0.478 e. The first-order chi connectivity index (χ1) is 7.72. The van der Waals surface area contributed by atoms with E-state index in [0.717, 1.165) is 16.7 Å². The molecule has 4 nitrogen and oxygen atoms in total. The van der Waals surface area contributed by atoms with Gasteiger partial charge in [0.15, 0.2) is 0 Å². The summed E-state index contributed by atoms with van der Waals surface area (Å²) < 4.78 is 5.38. The number of hydrogen-bond donors (Lipinski definition) is 3. The summed E-state index contributed by atoms with van der Waals surface area (Å²) in [6.07, 6.45) is 1.07. The van der Waals surface area contributed by atoms with E-state index in [1.807, 2.05) is 19.1 Å². The molecule has 0 radical (unpaired) electrons. The maximum atomic E-state index is 8.99. The Hall–Kier alpha value is -1.10. The number of aryl methyl sites for hydroxylation is 1. The normalized spacial score (nSPS) is 10.5. The van der Waals surface area contributed by atoms with Gasteiger partial charge in [-0.25, -0.2) is 0 Å². The van der Waals surface area contributed by atoms with Crippen molar-refractivity contribution in [3.05, 3.63) is 28.8 Å². The summed E-state index contributed by atoms with van der Waals surface area (Å²) in [4.78, 5) is 0. The van der Waals surface area contributed by atoms with Gasteiger partial charge in [-0.3, -0.25) is 5.73 Å². The number of aliphatic hydroxyl groups is 2. The van der Waals surface area contributed by atoms with Crippen LogP contribution in [0.15, 0.2) is 12.1 Å². The third-order valence-electron chi connectivity index (χ3n) is 2.38. The second-order valence-electron chi connectivity index (χ2n) is 3.67. The van der Waals surface area contributed by atoms with Crippen LogP contribution >= 0.6 is 0 Å². The van der Waals surface area contributed by atoms with Crippen molar-refractivity contribution in [2.75, 3.05) is 19.9 Å². The predicted octanol–water partition coefficient (Wildman–Crippen LogP) is 0.360. The van der Waals surface area contributed by atoms with E-state index >= 15 is 0 Å². The molecular weight excluding hydrogens is 206 g/mol. The van der Waals surface area contributed by atoms with Crippen molar-refractivity contribution >= 4 is 0 Å². The molecule has 0 saturated carbocycles. The third kappa shape index (κ3) is 3.20. The summed E-state index contributed by atoms with van der Waals surface area (Å²) in [5.74, 6) is 0.705. The Morgan fingerprint density at radius 1 is 1.12 bits per heavy atom. The summed E-state index contributed by atoms with van der Waals surface area (Å²) in [6, 6.07) is 3.95. The molecule has 0 atom stereocenters. The van der Waals surface area contributed by atoms with Gasteiger partial charge in [-0.05, 0) is 30.9 Å². The zero-order chi connectivity index (χ0) is 12.0. The molecule has 0 aliphatic rings. The maximum absolute atomic E-state index is 8.99. The van der Waals surface area contributed by atoms with Crippen molar-refractivity contribution in [1.29, 1.82) is 0 Å². The molecule has 1 rings (SSSR count). The third-order valence-corrected chi connectivity index (χ3v) is 2.38. The Kier molecular flexibility index (Phi) is 5.25. The summed E-state index contributed by atoms with van der Waals surface area (Å²) in [5, 5.41) is 18.0. The minimum absolute atomic E-state index is 0.0724. The van der Waals surface area contributed by atoms with Gasteiger partial charge >= 0.3 is 0 Å². The topological polar surface area (TPSA) is 75.7 Å². The van der Waals surface area contributed by atoms with E-state index in [9.17, 15) is 0 Å². The van der Waals surface area contributed by atoms with Crippen LogP contribution in [0.1, 0.15) is 16.7 Å². The quantitative estimate of drug-likeness (QED) is 0.611. The standard InChI is InChI=1S/C12H19NO3/c1-9-6-10(2-4-14)12(16-8-13)11(7-9)3-5-15/h6-7,14-15H,2-5,8,13H2,1H3. The molecule has 0 heterocycles. The fourth-order valence-corrected chi connectivity index (χ4v) is 1.81. The molecule has 4 heteroatoms. The smallest absolute Gasteiger partial charge is 0.137 e. The molecule has 0 aliphatic heterocycles. The molecular formula is C12H19NO3. The Balaban J connectivity index is 3.12. The van der Waals surface area contributed by atoms with Crippen molar-refractivity contribution in [3.8, 4) is 5.75 Å². The summed E-state index contributed by atoms with van der Waals surface area (Å²) in [6.45, 7) is 2.22. The lowest BCUT2D eigenvalue weighted by Gasteiger charge is -2.15. The Bertz CT molecular complexity index is 312. The number of benzene rings is 1. The van der Waals surface area contributed by atoms with E-state index in [2.05, 4.69) is 0 Å². The van der Waals surface area contributed by atoms with E-state index in [1.54, 1.807) is 0 Å². The van der Waals surface area contributed by atoms with Gasteiger partial charge in [-0.1, -0.05) is 17.7 Å². The summed E-state index contributed by atoms with van der Waals surface area (Å²) >= 11 is 0. The highest BCUT2D eigenvalue weighted by Gasteiger charge is 2.10. The zero-order valence-electron chi connectivity index (χ0n) is 9.57. The van der Waals surface area contributed by atoms with Crippen molar-refractivity contribution < 1.29 is 14.9 Å². The van der Waals surface area contributed by atoms with Crippen LogP contribution in [0.25, 0.3) is 0 Å². The molecule has 0 unspecified atom stereocenters. The number of hydrogen-bond acceptors (Lipinski definition) is 4. The molecule has 0 spiro atoms. The van der Waals surface area contributed by atoms with Crippen molar-refractivity contribution in [2.45, 2.75) is 19.8 Å². The number of rotatable bonds is 6. The van der Waals surface area contributed by atoms with Crippen LogP contribution in [-0.2, 0) is 12.8 Å². The molecule has 0 bridgehead atoms. The Morgan fingerprint density at radius 2 is 1.62 bits per heavy atom. The van der Waals surface area contributed by atoms with E-state index < -0.39 is 0 Å². The van der Waals surface area contributed by atoms with Gasteiger partial charge in [0.05, 0.1) is 0 Å². The van der Waals surface area contributed by atoms with E-state index in [4.69, 9.17) is 20.7 Å². The van der Waals surface area contributed by atoms with Crippen LogP contribution in [0.5, 0.6) is 5.75 Å². The van der Waals surface area contributed by atoms with Crippen molar-refractivity contribution in [2.24, 2.45) is 5.73 Å². The fraction of sp³-hybridized carbons (Fsp3) is 0.500. The molecule has 4 N–H and O–H groups in total. The van der Waals surface area contributed by atoms with Crippen LogP contribution in [-0.4, -0.2) is 30.2 Å². The largest absolute Gasteiger partial charge is 0.478 e. The van der Waals surface area contributed by atoms with Gasteiger partial charge in [-0.2, -0.15) is 0 Å². The average molecular weight is 225 g/mol. The van der Waals surface area contributed by atoms with Crippen molar-refractivity contribution in [1.82, 2.24) is 0 Å². The second kappa shape index (κ2) is 6.48. The van der Waals surface area contributed by atoms with E-state index in [0.29, 0.717) is 18.6 Å². The number of ether oxygens (including phenoxy) is 1. The van der Waals surface area contributed by atoms with Crippen LogP contribution in [0.4, 0.5) is 0 Å². The highest BCUT2D eigenvalue weighted by atomic mass is 16.5. The van der Waals surface area contributed by atoms with Gasteiger partial charge in [-0.15, -0.1) is 0 Å². The Morgan fingerprint density at radius 3 is 2.00 bits per heavy atom. The monoisotopic (exact) mass is 225 g/mol. The molecule has 1 aromatic rings. The van der Waals surface area contributed by atoms with Crippen LogP contribution < -0.4 is 10.5 Å². The van der Waals surface area contributed by atoms with Gasteiger partial charge in [0.2, 0.25) is 0 Å². The van der Waals surface area contributed by atoms with Gasteiger partial charge in [0.25, 0.3) is 0 Å². The Labute approximate surface area is 95.7 Å². The second-order valence-corrected chi connectivity index (χ2v) is 3.67. The maximum Gasteiger partial charge on any atom is 0.137 e. The van der Waals surface area contributed by atoms with E-state index in [-0.39, 0.29) is 19.9 Å². The van der Waals surface area contributed by atoms with Gasteiger partial charge < -0.3 is 14.9 Å². The minimum atomic E-state index is 0.0724. The lowest BCUT2D eigenvalue weighted by atomic mass is 10.0. The number of nitrogens with two attached hydrogens (primary N) is 1. The van der Waals surface area contributed by atoms with E-state index in [1.165, 1.54) is 0 Å². The molecule has 0 saturated heterocycles. The highest BCUT2D eigenvalue weighted by Crippen LogP contribution is 2.26. The van der Waals surface area contributed by atoms with Crippen LogP contribution in [0.2, 0.25) is 0 Å². The van der Waals surface area contributed by atoms with Gasteiger partial charge in [0.1, 0.15) is 12.5 Å². The molecule has 0 aliphatic carbocycles. The summed E-state index contributed by atoms with van der Waals surface area (Å²) in [5.41, 5.74) is 8.36. The molecule has 1 aromatic carbocycles. The molecule has 16 heavy (non-hydrogen) atoms. The summed E-state index contributed by atoms with van der Waals surface area (Å²) in [7, 11) is 0. The van der Waals surface area contributed by atoms with Crippen LogP contribution in [0, 0.1) is 6.92 Å². The number of aliphatic hydroxyl groups excluding tert-OH is 2. The first-order valence-corrected chi connectivity index (χ1v) is 5.40. The molecule has 0 fully saturated rings. The first kappa shape index (κ1) is 13.0. The highest BCUT2D eigenvalue weighted by molar-refractivity contribution is 5.45. The lowest BCUT2D eigenvalue weighted by molar-refractivity contribution is 0.283. The zero-order valence-corrected chi connectivity index (χ0v) is 9.57. The first-order valence-electron chi connectivity index (χ1n) is 5.40. The van der Waals surface area contributed by atoms with Gasteiger partial charge in [0, 0.05) is 13.2 Å². The lowest BCUT2D eigenvalue weighted by Crippen LogP contribution is -2.12. The SMILES string of the molecule is Cc1cc(CCO)c(OCN)c(CCO)c1.